The van der Waals surface area contributed by atoms with Crippen LogP contribution < -0.4 is 5.32 Å². The van der Waals surface area contributed by atoms with E-state index in [1.165, 1.54) is 10.4 Å². The van der Waals surface area contributed by atoms with Gasteiger partial charge in [-0.1, -0.05) is 48.2 Å². The van der Waals surface area contributed by atoms with Crippen molar-refractivity contribution in [2.45, 2.75) is 21.6 Å². The Labute approximate surface area is 192 Å². The fourth-order valence-electron chi connectivity index (χ4n) is 3.41. The summed E-state index contributed by atoms with van der Waals surface area (Å²) < 4.78 is 32.9. The maximum absolute atomic E-state index is 13.1. The first kappa shape index (κ1) is 22.5. The molecule has 1 N–H and O–H groups in total. The molecule has 4 rings (SSSR count). The Morgan fingerprint density at radius 2 is 1.66 bits per heavy atom. The first-order valence-electron chi connectivity index (χ1n) is 10.3. The summed E-state index contributed by atoms with van der Waals surface area (Å²) in [7, 11) is -3.70. The summed E-state index contributed by atoms with van der Waals surface area (Å²) in [5.74, 6) is -0.357. The van der Waals surface area contributed by atoms with E-state index in [0.717, 1.165) is 9.79 Å². The smallest absolute Gasteiger partial charge is 0.255 e. The van der Waals surface area contributed by atoms with Crippen LogP contribution in [0.5, 0.6) is 0 Å². The van der Waals surface area contributed by atoms with Crippen molar-refractivity contribution in [2.75, 3.05) is 31.6 Å². The third kappa shape index (κ3) is 5.05. The van der Waals surface area contributed by atoms with E-state index in [9.17, 15) is 13.2 Å². The number of nitrogens with zero attached hydrogens (tertiary/aromatic N) is 1. The highest BCUT2D eigenvalue weighted by Gasteiger charge is 2.28. The average Bonchev–Trinajstić information content (AvgIpc) is 2.82. The van der Waals surface area contributed by atoms with Gasteiger partial charge in [-0.05, 0) is 48.9 Å². The minimum atomic E-state index is -3.70. The Bertz CT molecular complexity index is 1210. The molecule has 0 aromatic heterocycles. The highest BCUT2D eigenvalue weighted by molar-refractivity contribution is 7.99. The molecule has 1 aliphatic heterocycles. The quantitative estimate of drug-likeness (QED) is 0.580. The number of anilines is 1. The van der Waals surface area contributed by atoms with E-state index in [1.807, 2.05) is 54.6 Å². The van der Waals surface area contributed by atoms with Crippen molar-refractivity contribution in [1.29, 1.82) is 0 Å². The Hall–Kier alpha value is -2.65. The summed E-state index contributed by atoms with van der Waals surface area (Å²) >= 11 is 1.55. The molecule has 0 spiro atoms. The van der Waals surface area contributed by atoms with Crippen molar-refractivity contribution in [3.8, 4) is 0 Å². The first-order chi connectivity index (χ1) is 15.4. The molecular weight excluding hydrogens is 444 g/mol. The summed E-state index contributed by atoms with van der Waals surface area (Å²) in [6.07, 6.45) is 0. The molecule has 32 heavy (non-hydrogen) atoms. The van der Waals surface area contributed by atoms with Gasteiger partial charge < -0.3 is 10.1 Å². The second kappa shape index (κ2) is 9.87. The Kier molecular flexibility index (Phi) is 6.95. The zero-order valence-corrected chi connectivity index (χ0v) is 19.3. The van der Waals surface area contributed by atoms with Gasteiger partial charge in [-0.3, -0.25) is 4.79 Å². The van der Waals surface area contributed by atoms with Gasteiger partial charge in [0.2, 0.25) is 10.0 Å². The molecule has 0 saturated carbocycles. The summed E-state index contributed by atoms with van der Waals surface area (Å²) in [5, 5.41) is 2.94. The van der Waals surface area contributed by atoms with Crippen LogP contribution in [0.4, 0.5) is 5.69 Å². The van der Waals surface area contributed by atoms with E-state index >= 15 is 0 Å². The number of amides is 1. The number of ether oxygens (including phenoxy) is 1. The minimum absolute atomic E-state index is 0.152. The Morgan fingerprint density at radius 1 is 0.969 bits per heavy atom. The molecule has 0 aliphatic carbocycles. The highest BCUT2D eigenvalue weighted by atomic mass is 32.2. The molecule has 1 saturated heterocycles. The number of rotatable bonds is 6. The normalized spacial score (nSPS) is 14.8. The van der Waals surface area contributed by atoms with Crippen LogP contribution in [-0.2, 0) is 14.8 Å². The van der Waals surface area contributed by atoms with Crippen LogP contribution in [0.3, 0.4) is 0 Å². The number of nitrogens with one attached hydrogen (secondary N) is 1. The summed E-state index contributed by atoms with van der Waals surface area (Å²) in [6, 6.07) is 22.2. The zero-order valence-electron chi connectivity index (χ0n) is 17.7. The summed E-state index contributed by atoms with van der Waals surface area (Å²) in [4.78, 5) is 15.2. The third-order valence-corrected chi connectivity index (χ3v) is 8.27. The molecule has 3 aromatic rings. The van der Waals surface area contributed by atoms with Gasteiger partial charge in [-0.25, -0.2) is 8.42 Å². The van der Waals surface area contributed by atoms with Crippen LogP contribution in [0.25, 0.3) is 0 Å². The van der Waals surface area contributed by atoms with E-state index in [-0.39, 0.29) is 10.8 Å². The lowest BCUT2D eigenvalue weighted by molar-refractivity contribution is 0.0730. The van der Waals surface area contributed by atoms with E-state index in [4.69, 9.17) is 4.74 Å². The second-order valence-corrected chi connectivity index (χ2v) is 10.4. The molecule has 1 aliphatic rings. The molecule has 0 bridgehead atoms. The van der Waals surface area contributed by atoms with Gasteiger partial charge in [0, 0.05) is 28.4 Å². The van der Waals surface area contributed by atoms with Crippen molar-refractivity contribution >= 4 is 33.4 Å². The minimum Gasteiger partial charge on any atom is -0.379 e. The number of morpholine rings is 1. The monoisotopic (exact) mass is 468 g/mol. The van der Waals surface area contributed by atoms with Gasteiger partial charge in [0.25, 0.3) is 5.91 Å². The molecule has 0 radical (unpaired) electrons. The molecule has 1 fully saturated rings. The largest absolute Gasteiger partial charge is 0.379 e. The van der Waals surface area contributed by atoms with Crippen molar-refractivity contribution < 1.29 is 17.9 Å². The molecule has 0 atom stereocenters. The van der Waals surface area contributed by atoms with Gasteiger partial charge >= 0.3 is 0 Å². The highest BCUT2D eigenvalue weighted by Crippen LogP contribution is 2.33. The molecule has 1 heterocycles. The lowest BCUT2D eigenvalue weighted by Crippen LogP contribution is -2.40. The summed E-state index contributed by atoms with van der Waals surface area (Å²) in [6.45, 7) is 3.09. The molecule has 8 heteroatoms. The number of sulfonamides is 1. The molecular formula is C24H24N2O4S2. The van der Waals surface area contributed by atoms with Crippen LogP contribution in [0.1, 0.15) is 15.9 Å². The number of aryl methyl sites for hydroxylation is 1. The lowest BCUT2D eigenvalue weighted by atomic mass is 10.1. The molecule has 3 aromatic carbocycles. The molecule has 0 unspecified atom stereocenters. The van der Waals surface area contributed by atoms with Crippen molar-refractivity contribution in [2.24, 2.45) is 0 Å². The topological polar surface area (TPSA) is 75.7 Å². The number of benzene rings is 3. The van der Waals surface area contributed by atoms with Crippen LogP contribution in [-0.4, -0.2) is 44.9 Å². The molecule has 6 nitrogen and oxygen atoms in total. The van der Waals surface area contributed by atoms with Crippen molar-refractivity contribution in [1.82, 2.24) is 4.31 Å². The maximum Gasteiger partial charge on any atom is 0.255 e. The van der Waals surface area contributed by atoms with Crippen molar-refractivity contribution in [3.05, 3.63) is 83.9 Å². The first-order valence-corrected chi connectivity index (χ1v) is 12.5. The van der Waals surface area contributed by atoms with Crippen LogP contribution >= 0.6 is 11.8 Å². The number of carbonyl (C=O) groups is 1. The molecule has 1 amide bonds. The van der Waals surface area contributed by atoms with Gasteiger partial charge in [0.15, 0.2) is 0 Å². The van der Waals surface area contributed by atoms with Crippen molar-refractivity contribution in [3.63, 3.8) is 0 Å². The average molecular weight is 469 g/mol. The summed E-state index contributed by atoms with van der Waals surface area (Å²) in [5.41, 5.74) is 1.57. The number of hydrogen-bond donors (Lipinski definition) is 1. The SMILES string of the molecule is Cc1ccc(C(=O)Nc2ccccc2Sc2ccccc2)cc1S(=O)(=O)N1CCOCC1. The van der Waals surface area contributed by atoms with Gasteiger partial charge in [-0.15, -0.1) is 0 Å². The van der Waals surface area contributed by atoms with E-state index < -0.39 is 10.0 Å². The Morgan fingerprint density at radius 3 is 2.41 bits per heavy atom. The van der Waals surface area contributed by atoms with E-state index in [1.54, 1.807) is 30.8 Å². The predicted octanol–water partition coefficient (Wildman–Crippen LogP) is 4.42. The van der Waals surface area contributed by atoms with Crippen LogP contribution in [0.15, 0.2) is 87.5 Å². The second-order valence-electron chi connectivity index (χ2n) is 7.36. The van der Waals surface area contributed by atoms with Gasteiger partial charge in [0.1, 0.15) is 0 Å². The fraction of sp³-hybridized carbons (Fsp3) is 0.208. The third-order valence-electron chi connectivity index (χ3n) is 5.14. The number of para-hydroxylation sites is 1. The van der Waals surface area contributed by atoms with E-state index in [2.05, 4.69) is 5.32 Å². The van der Waals surface area contributed by atoms with Gasteiger partial charge in [0.05, 0.1) is 23.8 Å². The Balaban J connectivity index is 1.58. The zero-order chi connectivity index (χ0) is 22.6. The van der Waals surface area contributed by atoms with Crippen LogP contribution in [0, 0.1) is 6.92 Å². The van der Waals surface area contributed by atoms with E-state index in [0.29, 0.717) is 43.1 Å². The molecule has 166 valence electrons. The number of carbonyl (C=O) groups excluding carboxylic acids is 1. The lowest BCUT2D eigenvalue weighted by Gasteiger charge is -2.26. The number of hydrogen-bond acceptors (Lipinski definition) is 5. The maximum atomic E-state index is 13.1. The van der Waals surface area contributed by atoms with Crippen LogP contribution in [0.2, 0.25) is 0 Å². The fourth-order valence-corrected chi connectivity index (χ4v) is 6.00. The standard InChI is InChI=1S/C24H24N2O4S2/c1-18-11-12-19(17-23(18)32(28,29)26-13-15-30-16-14-26)24(27)25-21-9-5-6-10-22(21)31-20-7-3-2-4-8-20/h2-12,17H,13-16H2,1H3,(H,25,27). The van der Waals surface area contributed by atoms with Gasteiger partial charge in [-0.2, -0.15) is 4.31 Å². The predicted molar refractivity (Wildman–Crippen MR) is 126 cm³/mol.